The number of hydrogen-bond donors (Lipinski definition) is 1. The van der Waals surface area contributed by atoms with E-state index >= 15 is 0 Å². The summed E-state index contributed by atoms with van der Waals surface area (Å²) < 4.78 is 33.2. The Morgan fingerprint density at radius 1 is 1.30 bits per heavy atom. The number of piperidine rings is 1. The van der Waals surface area contributed by atoms with E-state index in [4.69, 9.17) is 4.74 Å². The highest BCUT2D eigenvalue weighted by atomic mass is 32.2. The molecule has 1 fully saturated rings. The lowest BCUT2D eigenvalue weighted by atomic mass is 10.1. The molecule has 0 amide bonds. The van der Waals surface area contributed by atoms with Crippen molar-refractivity contribution in [3.63, 3.8) is 0 Å². The largest absolute Gasteiger partial charge is 0.489 e. The number of sulfonamides is 1. The first-order valence-electron chi connectivity index (χ1n) is 7.57. The minimum Gasteiger partial charge on any atom is -0.489 e. The summed E-state index contributed by atoms with van der Waals surface area (Å²) in [7, 11) is -3.56. The average molecular weight is 336 g/mol. The first kappa shape index (κ1) is 15.9. The SMILES string of the molecule is Cc1n[nH]c(C)c1S(=O)(=O)N1CCCC(Oc2ccncc2)C1. The quantitative estimate of drug-likeness (QED) is 0.917. The van der Waals surface area contributed by atoms with E-state index in [1.165, 1.54) is 4.31 Å². The zero-order valence-electron chi connectivity index (χ0n) is 13.2. The Labute approximate surface area is 135 Å². The Kier molecular flexibility index (Phi) is 4.36. The third kappa shape index (κ3) is 3.23. The Hall–Kier alpha value is -1.93. The summed E-state index contributed by atoms with van der Waals surface area (Å²) in [5.74, 6) is 0.708. The number of ether oxygens (including phenoxy) is 1. The first-order valence-corrected chi connectivity index (χ1v) is 9.01. The monoisotopic (exact) mass is 336 g/mol. The molecule has 1 N–H and O–H groups in total. The zero-order valence-corrected chi connectivity index (χ0v) is 14.0. The van der Waals surface area contributed by atoms with Gasteiger partial charge in [0.15, 0.2) is 0 Å². The van der Waals surface area contributed by atoms with Crippen LogP contribution in [0.3, 0.4) is 0 Å². The first-order chi connectivity index (χ1) is 11.0. The second-order valence-electron chi connectivity index (χ2n) is 5.69. The van der Waals surface area contributed by atoms with Crippen molar-refractivity contribution in [1.82, 2.24) is 19.5 Å². The molecule has 0 bridgehead atoms. The van der Waals surface area contributed by atoms with E-state index in [1.54, 1.807) is 38.4 Å². The van der Waals surface area contributed by atoms with Crippen LogP contribution in [-0.4, -0.2) is 47.1 Å². The van der Waals surface area contributed by atoms with E-state index in [1.807, 2.05) is 0 Å². The molecule has 7 nitrogen and oxygen atoms in total. The molecule has 124 valence electrons. The van der Waals surface area contributed by atoms with E-state index in [-0.39, 0.29) is 11.0 Å². The summed E-state index contributed by atoms with van der Waals surface area (Å²) in [5, 5.41) is 6.73. The Morgan fingerprint density at radius 3 is 2.70 bits per heavy atom. The Morgan fingerprint density at radius 2 is 2.04 bits per heavy atom. The van der Waals surface area contributed by atoms with Gasteiger partial charge < -0.3 is 4.74 Å². The maximum Gasteiger partial charge on any atom is 0.246 e. The normalized spacial score (nSPS) is 19.7. The summed E-state index contributed by atoms with van der Waals surface area (Å²) in [6, 6.07) is 3.55. The number of nitrogens with one attached hydrogen (secondary N) is 1. The molecular weight excluding hydrogens is 316 g/mol. The van der Waals surface area contributed by atoms with Gasteiger partial charge in [0, 0.05) is 18.9 Å². The number of nitrogens with zero attached hydrogens (tertiary/aromatic N) is 3. The molecule has 1 unspecified atom stereocenters. The minimum absolute atomic E-state index is 0.159. The number of aromatic nitrogens is 3. The lowest BCUT2D eigenvalue weighted by Gasteiger charge is -2.32. The summed E-state index contributed by atoms with van der Waals surface area (Å²) in [5.41, 5.74) is 1.07. The lowest BCUT2D eigenvalue weighted by molar-refractivity contribution is 0.129. The molecule has 0 aromatic carbocycles. The molecule has 0 radical (unpaired) electrons. The van der Waals surface area contributed by atoms with Crippen molar-refractivity contribution in [2.45, 2.75) is 37.7 Å². The second kappa shape index (κ2) is 6.29. The molecule has 0 saturated carbocycles. The standard InChI is InChI=1S/C15H20N4O3S/c1-11-15(12(2)18-17-11)23(20,21)19-9-3-4-14(10-19)22-13-5-7-16-8-6-13/h5-8,14H,3-4,9-10H2,1-2H3,(H,17,18). The fraction of sp³-hybridized carbons (Fsp3) is 0.467. The van der Waals surface area contributed by atoms with Crippen LogP contribution in [-0.2, 0) is 10.0 Å². The number of H-pyrrole nitrogens is 1. The second-order valence-corrected chi connectivity index (χ2v) is 7.57. The van der Waals surface area contributed by atoms with Crippen molar-refractivity contribution in [1.29, 1.82) is 0 Å². The molecule has 1 atom stereocenters. The third-order valence-corrected chi connectivity index (χ3v) is 6.08. The van der Waals surface area contributed by atoms with Crippen LogP contribution in [0.5, 0.6) is 5.75 Å². The summed E-state index contributed by atoms with van der Waals surface area (Å²) >= 11 is 0. The minimum atomic E-state index is -3.56. The van der Waals surface area contributed by atoms with Gasteiger partial charge in [-0.15, -0.1) is 0 Å². The molecular formula is C15H20N4O3S. The molecule has 0 spiro atoms. The van der Waals surface area contributed by atoms with Crippen LogP contribution >= 0.6 is 0 Å². The maximum absolute atomic E-state index is 12.9. The predicted molar refractivity (Wildman–Crippen MR) is 84.7 cm³/mol. The highest BCUT2D eigenvalue weighted by Crippen LogP contribution is 2.26. The summed E-state index contributed by atoms with van der Waals surface area (Å²) in [6.45, 7) is 4.27. The van der Waals surface area contributed by atoms with Gasteiger partial charge in [0.1, 0.15) is 16.7 Å². The van der Waals surface area contributed by atoms with Gasteiger partial charge in [-0.3, -0.25) is 10.1 Å². The van der Waals surface area contributed by atoms with Gasteiger partial charge in [-0.25, -0.2) is 8.42 Å². The number of aryl methyl sites for hydroxylation is 2. The molecule has 23 heavy (non-hydrogen) atoms. The molecule has 0 aliphatic carbocycles. The number of hydrogen-bond acceptors (Lipinski definition) is 5. The van der Waals surface area contributed by atoms with Crippen LogP contribution in [0.4, 0.5) is 0 Å². The molecule has 1 saturated heterocycles. The van der Waals surface area contributed by atoms with Crippen LogP contribution in [0.25, 0.3) is 0 Å². The maximum atomic E-state index is 12.9. The fourth-order valence-corrected chi connectivity index (χ4v) is 4.72. The molecule has 1 aliphatic rings. The molecule has 8 heteroatoms. The summed E-state index contributed by atoms with van der Waals surface area (Å²) in [6.07, 6.45) is 4.76. The van der Waals surface area contributed by atoms with Crippen LogP contribution < -0.4 is 4.74 Å². The number of aromatic amines is 1. The molecule has 2 aromatic heterocycles. The predicted octanol–water partition coefficient (Wildman–Crippen LogP) is 1.65. The average Bonchev–Trinajstić information content (AvgIpc) is 2.88. The highest BCUT2D eigenvalue weighted by molar-refractivity contribution is 7.89. The van der Waals surface area contributed by atoms with Crippen molar-refractivity contribution in [3.8, 4) is 5.75 Å². The van der Waals surface area contributed by atoms with E-state index in [0.29, 0.717) is 30.2 Å². The van der Waals surface area contributed by atoms with Crippen molar-refractivity contribution < 1.29 is 13.2 Å². The van der Waals surface area contributed by atoms with Crippen molar-refractivity contribution in [3.05, 3.63) is 35.9 Å². The van der Waals surface area contributed by atoms with Gasteiger partial charge in [-0.2, -0.15) is 9.40 Å². The Bertz CT molecular complexity index is 754. The molecule has 1 aliphatic heterocycles. The van der Waals surface area contributed by atoms with E-state index in [2.05, 4.69) is 15.2 Å². The van der Waals surface area contributed by atoms with E-state index < -0.39 is 10.0 Å². The highest BCUT2D eigenvalue weighted by Gasteiger charge is 2.34. The van der Waals surface area contributed by atoms with Crippen molar-refractivity contribution in [2.24, 2.45) is 0 Å². The van der Waals surface area contributed by atoms with Crippen LogP contribution in [0, 0.1) is 13.8 Å². The summed E-state index contributed by atoms with van der Waals surface area (Å²) in [4.78, 5) is 4.23. The van der Waals surface area contributed by atoms with Gasteiger partial charge in [0.05, 0.1) is 17.9 Å². The van der Waals surface area contributed by atoms with Crippen LogP contribution in [0.1, 0.15) is 24.2 Å². The van der Waals surface area contributed by atoms with Crippen LogP contribution in [0.2, 0.25) is 0 Å². The smallest absolute Gasteiger partial charge is 0.246 e. The van der Waals surface area contributed by atoms with E-state index in [0.717, 1.165) is 12.8 Å². The number of rotatable bonds is 4. The van der Waals surface area contributed by atoms with Crippen molar-refractivity contribution >= 4 is 10.0 Å². The lowest BCUT2D eigenvalue weighted by Crippen LogP contribution is -2.44. The number of pyridine rings is 1. The third-order valence-electron chi connectivity index (χ3n) is 3.95. The van der Waals surface area contributed by atoms with Gasteiger partial charge in [0.2, 0.25) is 10.0 Å². The molecule has 3 rings (SSSR count). The Balaban J connectivity index is 1.78. The molecule has 3 heterocycles. The van der Waals surface area contributed by atoms with Gasteiger partial charge in [0.25, 0.3) is 0 Å². The van der Waals surface area contributed by atoms with Crippen LogP contribution in [0.15, 0.2) is 29.4 Å². The topological polar surface area (TPSA) is 88.2 Å². The van der Waals surface area contributed by atoms with Crippen molar-refractivity contribution in [2.75, 3.05) is 13.1 Å². The van der Waals surface area contributed by atoms with E-state index in [9.17, 15) is 8.42 Å². The van der Waals surface area contributed by atoms with Gasteiger partial charge in [-0.05, 0) is 38.8 Å². The van der Waals surface area contributed by atoms with Gasteiger partial charge in [-0.1, -0.05) is 0 Å². The molecule has 2 aromatic rings. The zero-order chi connectivity index (χ0) is 16.4. The van der Waals surface area contributed by atoms with Gasteiger partial charge >= 0.3 is 0 Å². The fourth-order valence-electron chi connectivity index (χ4n) is 2.88.